The van der Waals surface area contributed by atoms with E-state index < -0.39 is 5.97 Å². The molecule has 0 aliphatic rings. The Bertz CT molecular complexity index is 239. The van der Waals surface area contributed by atoms with Crippen LogP contribution in [0.4, 0.5) is 0 Å². The highest BCUT2D eigenvalue weighted by Crippen LogP contribution is 2.07. The second-order valence-corrected chi connectivity index (χ2v) is 4.81. The summed E-state index contributed by atoms with van der Waals surface area (Å²) in [5.74, 6) is -0.224. The molecule has 0 aliphatic carbocycles. The van der Waals surface area contributed by atoms with Crippen LogP contribution in [0.25, 0.3) is 0 Å². The quantitative estimate of drug-likeness (QED) is 0.677. The normalized spacial score (nSPS) is 10.6. The summed E-state index contributed by atoms with van der Waals surface area (Å²) in [6.45, 7) is 7.26. The lowest BCUT2D eigenvalue weighted by Crippen LogP contribution is -2.34. The van der Waals surface area contributed by atoms with Gasteiger partial charge in [0.05, 0.1) is 6.42 Å². The first-order valence-corrected chi connectivity index (χ1v) is 6.47. The molecule has 0 bridgehead atoms. The van der Waals surface area contributed by atoms with Gasteiger partial charge < -0.3 is 10.0 Å². The Balaban J connectivity index is 4.17. The summed E-state index contributed by atoms with van der Waals surface area (Å²) in [6, 6.07) is 0. The van der Waals surface area contributed by atoms with E-state index >= 15 is 0 Å². The molecule has 0 saturated carbocycles. The van der Waals surface area contributed by atoms with Crippen molar-refractivity contribution in [2.45, 2.75) is 52.9 Å². The molecule has 0 aliphatic heterocycles. The lowest BCUT2D eigenvalue weighted by molar-refractivity contribution is -0.138. The van der Waals surface area contributed by atoms with Crippen molar-refractivity contribution >= 4 is 11.9 Å². The first-order valence-electron chi connectivity index (χ1n) is 6.47. The molecular weight excluding hydrogens is 218 g/mol. The number of amides is 1. The monoisotopic (exact) mass is 243 g/mol. The van der Waals surface area contributed by atoms with Crippen LogP contribution in [-0.4, -0.2) is 35.0 Å². The predicted molar refractivity (Wildman–Crippen MR) is 67.8 cm³/mol. The molecule has 0 spiro atoms. The number of nitrogens with zero attached hydrogens (tertiary/aromatic N) is 1. The fourth-order valence-electron chi connectivity index (χ4n) is 1.49. The Labute approximate surface area is 104 Å². The second-order valence-electron chi connectivity index (χ2n) is 4.81. The van der Waals surface area contributed by atoms with Crippen LogP contribution in [0.5, 0.6) is 0 Å². The van der Waals surface area contributed by atoms with Crippen LogP contribution in [-0.2, 0) is 9.59 Å². The maximum atomic E-state index is 11.9. The molecule has 1 amide bonds. The molecule has 0 rings (SSSR count). The van der Waals surface area contributed by atoms with E-state index in [4.69, 9.17) is 5.11 Å². The number of carbonyl (C=O) groups is 2. The van der Waals surface area contributed by atoms with Crippen molar-refractivity contribution in [3.63, 3.8) is 0 Å². The number of hydrogen-bond acceptors (Lipinski definition) is 2. The molecule has 4 nitrogen and oxygen atoms in total. The summed E-state index contributed by atoms with van der Waals surface area (Å²) in [6.07, 6.45) is 3.37. The minimum Gasteiger partial charge on any atom is -0.481 e. The first kappa shape index (κ1) is 15.9. The molecule has 1 N–H and O–H groups in total. The average Bonchev–Trinajstić information content (AvgIpc) is 2.25. The molecule has 0 fully saturated rings. The Morgan fingerprint density at radius 3 is 2.29 bits per heavy atom. The van der Waals surface area contributed by atoms with Gasteiger partial charge in [0, 0.05) is 19.5 Å². The van der Waals surface area contributed by atoms with Crippen molar-refractivity contribution in [3.8, 4) is 0 Å². The van der Waals surface area contributed by atoms with Crippen molar-refractivity contribution in [1.82, 2.24) is 4.90 Å². The van der Waals surface area contributed by atoms with Gasteiger partial charge in [-0.15, -0.1) is 0 Å². The Kier molecular flexibility index (Phi) is 8.46. The van der Waals surface area contributed by atoms with Gasteiger partial charge in [0.1, 0.15) is 0 Å². The molecule has 17 heavy (non-hydrogen) atoms. The summed E-state index contributed by atoms with van der Waals surface area (Å²) < 4.78 is 0. The zero-order valence-electron chi connectivity index (χ0n) is 11.2. The third-order valence-electron chi connectivity index (χ3n) is 2.67. The largest absolute Gasteiger partial charge is 0.481 e. The fourth-order valence-corrected chi connectivity index (χ4v) is 1.49. The van der Waals surface area contributed by atoms with Crippen molar-refractivity contribution in [2.75, 3.05) is 13.1 Å². The van der Waals surface area contributed by atoms with E-state index in [1.807, 2.05) is 6.92 Å². The minimum atomic E-state index is -0.845. The van der Waals surface area contributed by atoms with E-state index in [1.54, 1.807) is 4.90 Å². The zero-order valence-corrected chi connectivity index (χ0v) is 11.2. The minimum absolute atomic E-state index is 0.0377. The van der Waals surface area contributed by atoms with Gasteiger partial charge in [-0.2, -0.15) is 0 Å². The topological polar surface area (TPSA) is 57.6 Å². The van der Waals surface area contributed by atoms with E-state index in [0.717, 1.165) is 19.3 Å². The third kappa shape index (κ3) is 8.72. The van der Waals surface area contributed by atoms with Gasteiger partial charge >= 0.3 is 5.97 Å². The van der Waals surface area contributed by atoms with Crippen molar-refractivity contribution in [2.24, 2.45) is 5.92 Å². The highest BCUT2D eigenvalue weighted by atomic mass is 16.4. The number of unbranched alkanes of at least 4 members (excludes halogenated alkanes) is 1. The number of hydrogen-bond donors (Lipinski definition) is 1. The van der Waals surface area contributed by atoms with Crippen molar-refractivity contribution < 1.29 is 14.7 Å². The van der Waals surface area contributed by atoms with Crippen LogP contribution in [0.1, 0.15) is 52.9 Å². The fraction of sp³-hybridized carbons (Fsp3) is 0.846. The lowest BCUT2D eigenvalue weighted by atomic mass is 10.1. The summed E-state index contributed by atoms with van der Waals surface area (Å²) in [4.78, 5) is 24.1. The van der Waals surface area contributed by atoms with Crippen LogP contribution in [0.2, 0.25) is 0 Å². The average molecular weight is 243 g/mol. The summed E-state index contributed by atoms with van der Waals surface area (Å²) in [5, 5.41) is 8.66. The Hall–Kier alpha value is -1.06. The van der Waals surface area contributed by atoms with Crippen molar-refractivity contribution in [1.29, 1.82) is 0 Å². The maximum Gasteiger partial charge on any atom is 0.305 e. The number of carboxylic acid groups (broad SMARTS) is 1. The summed E-state index contributed by atoms with van der Waals surface area (Å²) >= 11 is 0. The highest BCUT2D eigenvalue weighted by molar-refractivity contribution is 5.77. The predicted octanol–water partition coefficient (Wildman–Crippen LogP) is 2.53. The standard InChI is InChI=1S/C13H25NO3/c1-4-5-6-12(15)14(9-7-11(2)3)10-8-13(16)17/h11H,4-10H2,1-3H3,(H,16,17). The molecule has 0 aromatic heterocycles. The second kappa shape index (κ2) is 9.02. The van der Waals surface area contributed by atoms with Gasteiger partial charge in [0.2, 0.25) is 5.91 Å². The molecular formula is C13H25NO3. The van der Waals surface area contributed by atoms with E-state index in [2.05, 4.69) is 13.8 Å². The molecule has 0 atom stereocenters. The molecule has 4 heteroatoms. The number of aliphatic carboxylic acids is 1. The van der Waals surface area contributed by atoms with Crippen LogP contribution in [0.15, 0.2) is 0 Å². The SMILES string of the molecule is CCCCC(=O)N(CCC(=O)O)CCC(C)C. The van der Waals surface area contributed by atoms with Gasteiger partial charge in [-0.05, 0) is 18.8 Å². The van der Waals surface area contributed by atoms with Gasteiger partial charge in [0.25, 0.3) is 0 Å². The smallest absolute Gasteiger partial charge is 0.305 e. The molecule has 100 valence electrons. The van der Waals surface area contributed by atoms with Gasteiger partial charge in [-0.25, -0.2) is 0 Å². The maximum absolute atomic E-state index is 11.9. The summed E-state index contributed by atoms with van der Waals surface area (Å²) in [7, 11) is 0. The summed E-state index contributed by atoms with van der Waals surface area (Å²) in [5.41, 5.74) is 0. The van der Waals surface area contributed by atoms with E-state index in [1.165, 1.54) is 0 Å². The van der Waals surface area contributed by atoms with Crippen LogP contribution in [0.3, 0.4) is 0 Å². The Morgan fingerprint density at radius 2 is 1.82 bits per heavy atom. The van der Waals surface area contributed by atoms with Gasteiger partial charge in [0.15, 0.2) is 0 Å². The van der Waals surface area contributed by atoms with E-state index in [0.29, 0.717) is 25.4 Å². The van der Waals surface area contributed by atoms with Crippen LogP contribution in [0, 0.1) is 5.92 Å². The zero-order chi connectivity index (χ0) is 13.3. The van der Waals surface area contributed by atoms with Gasteiger partial charge in [-0.3, -0.25) is 9.59 Å². The molecule has 0 saturated heterocycles. The molecule has 0 aromatic carbocycles. The molecule has 0 aromatic rings. The molecule has 0 unspecified atom stereocenters. The Morgan fingerprint density at radius 1 is 1.18 bits per heavy atom. The highest BCUT2D eigenvalue weighted by Gasteiger charge is 2.14. The lowest BCUT2D eigenvalue weighted by Gasteiger charge is -2.23. The molecule has 0 heterocycles. The van der Waals surface area contributed by atoms with Crippen molar-refractivity contribution in [3.05, 3.63) is 0 Å². The van der Waals surface area contributed by atoms with E-state index in [9.17, 15) is 9.59 Å². The van der Waals surface area contributed by atoms with Crippen LogP contribution >= 0.6 is 0 Å². The van der Waals surface area contributed by atoms with Gasteiger partial charge in [-0.1, -0.05) is 27.2 Å². The van der Waals surface area contributed by atoms with E-state index in [-0.39, 0.29) is 12.3 Å². The number of rotatable bonds is 9. The third-order valence-corrected chi connectivity index (χ3v) is 2.67. The van der Waals surface area contributed by atoms with Crippen LogP contribution < -0.4 is 0 Å². The first-order chi connectivity index (χ1) is 7.97. The molecule has 0 radical (unpaired) electrons. The number of carbonyl (C=O) groups excluding carboxylic acids is 1. The number of carboxylic acids is 1.